The van der Waals surface area contributed by atoms with Gasteiger partial charge in [-0.1, -0.05) is 97.3 Å². The summed E-state index contributed by atoms with van der Waals surface area (Å²) >= 11 is 0. The van der Waals surface area contributed by atoms with Crippen LogP contribution in [0.1, 0.15) is 104 Å². The van der Waals surface area contributed by atoms with Gasteiger partial charge in [0.15, 0.2) is 0 Å². The number of hydrogen-bond donors (Lipinski definition) is 1. The average molecular weight is 481 g/mol. The predicted octanol–water partition coefficient (Wildman–Crippen LogP) is 6.96. The summed E-state index contributed by atoms with van der Waals surface area (Å²) < 4.78 is 28.4. The van der Waals surface area contributed by atoms with E-state index in [4.69, 9.17) is 13.8 Å². The lowest BCUT2D eigenvalue weighted by Crippen LogP contribution is -2.37. The lowest BCUT2D eigenvalue weighted by molar-refractivity contribution is -0.870. The first-order valence-electron chi connectivity index (χ1n) is 13.2. The van der Waals surface area contributed by atoms with E-state index in [2.05, 4.69) is 6.92 Å². The van der Waals surface area contributed by atoms with Gasteiger partial charge in [-0.25, -0.2) is 4.57 Å². The van der Waals surface area contributed by atoms with Crippen LogP contribution in [-0.4, -0.2) is 63.5 Å². The van der Waals surface area contributed by atoms with Gasteiger partial charge < -0.3 is 14.1 Å². The van der Waals surface area contributed by atoms with E-state index < -0.39 is 7.82 Å². The molecule has 0 bridgehead atoms. The number of ether oxygens (including phenoxy) is 1. The van der Waals surface area contributed by atoms with Gasteiger partial charge in [0.05, 0.1) is 34.4 Å². The van der Waals surface area contributed by atoms with Crippen molar-refractivity contribution in [3.63, 3.8) is 0 Å². The molecule has 2 atom stereocenters. The first-order valence-corrected chi connectivity index (χ1v) is 14.7. The van der Waals surface area contributed by atoms with E-state index in [0.717, 1.165) is 13.0 Å². The third-order valence-electron chi connectivity index (χ3n) is 5.58. The minimum atomic E-state index is -3.97. The molecule has 194 valence electrons. The number of unbranched alkanes of at least 4 members (excludes halogenated alkanes) is 13. The summed E-state index contributed by atoms with van der Waals surface area (Å²) in [6.07, 6.45) is 18.9. The monoisotopic (exact) mass is 480 g/mol. The Bertz CT molecular complexity index is 456. The van der Waals surface area contributed by atoms with E-state index >= 15 is 0 Å². The maximum Gasteiger partial charge on any atom is 0.472 e. The average Bonchev–Trinajstić information content (AvgIpc) is 2.71. The summed E-state index contributed by atoms with van der Waals surface area (Å²) in [5.41, 5.74) is 0. The van der Waals surface area contributed by atoms with Gasteiger partial charge in [0.25, 0.3) is 0 Å². The number of phosphoric acid groups is 1. The third kappa shape index (κ3) is 24.7. The Labute approximate surface area is 199 Å². The van der Waals surface area contributed by atoms with Crippen LogP contribution >= 0.6 is 7.82 Å². The maximum atomic E-state index is 11.9. The minimum Gasteiger partial charge on any atom is -0.381 e. The van der Waals surface area contributed by atoms with E-state index in [-0.39, 0.29) is 19.1 Å². The van der Waals surface area contributed by atoms with Crippen LogP contribution in [0.3, 0.4) is 0 Å². The molecule has 0 amide bonds. The van der Waals surface area contributed by atoms with Crippen LogP contribution in [0, 0.1) is 5.92 Å². The molecule has 7 heteroatoms. The Morgan fingerprint density at radius 1 is 0.719 bits per heavy atom. The molecule has 0 rings (SSSR count). The molecule has 32 heavy (non-hydrogen) atoms. The number of rotatable bonds is 24. The summed E-state index contributed by atoms with van der Waals surface area (Å²) in [7, 11) is 2.04. The second-order valence-electron chi connectivity index (χ2n) is 10.4. The first kappa shape index (κ1) is 32.0. The highest BCUT2D eigenvalue weighted by atomic mass is 31.2. The molecule has 0 aliphatic rings. The Hall–Kier alpha value is 0.0300. The molecular formula is C25H55NO5P+. The summed E-state index contributed by atoms with van der Waals surface area (Å²) in [4.78, 5) is 9.74. The molecule has 0 fully saturated rings. The molecule has 0 aliphatic heterocycles. The van der Waals surface area contributed by atoms with Crippen LogP contribution in [0.5, 0.6) is 0 Å². The van der Waals surface area contributed by atoms with Gasteiger partial charge in [0.2, 0.25) is 0 Å². The van der Waals surface area contributed by atoms with Crippen molar-refractivity contribution in [2.75, 3.05) is 54.1 Å². The summed E-state index contributed by atoms with van der Waals surface area (Å²) in [5.74, 6) is 0.0594. The van der Waals surface area contributed by atoms with Gasteiger partial charge in [-0.15, -0.1) is 0 Å². The zero-order valence-electron chi connectivity index (χ0n) is 22.0. The molecule has 0 aliphatic carbocycles. The smallest absolute Gasteiger partial charge is 0.381 e. The van der Waals surface area contributed by atoms with Crippen molar-refractivity contribution in [1.82, 2.24) is 0 Å². The van der Waals surface area contributed by atoms with Gasteiger partial charge in [0, 0.05) is 12.5 Å². The standard InChI is InChI=1S/C25H54NO5P/c1-6-7-8-9-10-11-12-13-14-15-16-17-18-19-21-29-23-25(2)24-31-32(27,28)30-22-20-26(3,4)5/h25H,6-24H2,1-5H3/p+1/t25-/m1/s1. The van der Waals surface area contributed by atoms with Crippen molar-refractivity contribution in [2.24, 2.45) is 5.92 Å². The molecule has 0 saturated carbocycles. The van der Waals surface area contributed by atoms with Crippen molar-refractivity contribution < 1.29 is 27.7 Å². The van der Waals surface area contributed by atoms with Crippen molar-refractivity contribution in [3.8, 4) is 0 Å². The molecule has 0 heterocycles. The van der Waals surface area contributed by atoms with E-state index in [0.29, 0.717) is 17.6 Å². The maximum absolute atomic E-state index is 11.9. The van der Waals surface area contributed by atoms with Crippen molar-refractivity contribution in [1.29, 1.82) is 0 Å². The fourth-order valence-electron chi connectivity index (χ4n) is 3.42. The number of phosphoric ester groups is 1. The second-order valence-corrected chi connectivity index (χ2v) is 11.8. The molecule has 1 unspecified atom stereocenters. The topological polar surface area (TPSA) is 65.0 Å². The highest BCUT2D eigenvalue weighted by molar-refractivity contribution is 7.47. The lowest BCUT2D eigenvalue weighted by atomic mass is 10.0. The van der Waals surface area contributed by atoms with Gasteiger partial charge >= 0.3 is 7.82 Å². The fourth-order valence-corrected chi connectivity index (χ4v) is 4.25. The summed E-state index contributed by atoms with van der Waals surface area (Å²) in [6, 6.07) is 0. The molecule has 6 nitrogen and oxygen atoms in total. The van der Waals surface area contributed by atoms with E-state index in [1.165, 1.54) is 83.5 Å². The third-order valence-corrected chi connectivity index (χ3v) is 6.57. The Kier molecular flexibility index (Phi) is 20.4. The van der Waals surface area contributed by atoms with Crippen molar-refractivity contribution >= 4 is 7.82 Å². The molecule has 0 aromatic rings. The van der Waals surface area contributed by atoms with Crippen molar-refractivity contribution in [3.05, 3.63) is 0 Å². The Balaban J connectivity index is 3.40. The molecule has 0 spiro atoms. The van der Waals surface area contributed by atoms with Gasteiger partial charge in [-0.3, -0.25) is 9.05 Å². The lowest BCUT2D eigenvalue weighted by Gasteiger charge is -2.24. The Morgan fingerprint density at radius 2 is 1.19 bits per heavy atom. The Morgan fingerprint density at radius 3 is 1.66 bits per heavy atom. The molecule has 0 aromatic carbocycles. The summed E-state index contributed by atoms with van der Waals surface area (Å²) in [6.45, 7) is 6.52. The van der Waals surface area contributed by atoms with Gasteiger partial charge in [0.1, 0.15) is 13.2 Å². The van der Waals surface area contributed by atoms with Crippen molar-refractivity contribution in [2.45, 2.75) is 104 Å². The zero-order chi connectivity index (χ0) is 24.1. The van der Waals surface area contributed by atoms with E-state index in [9.17, 15) is 9.46 Å². The molecule has 1 N–H and O–H groups in total. The van der Waals surface area contributed by atoms with Gasteiger partial charge in [-0.05, 0) is 6.42 Å². The summed E-state index contributed by atoms with van der Waals surface area (Å²) in [5, 5.41) is 0. The quantitative estimate of drug-likeness (QED) is 0.0919. The highest BCUT2D eigenvalue weighted by Gasteiger charge is 2.23. The normalized spacial score (nSPS) is 15.1. The SMILES string of the molecule is CCCCCCCCCCCCCCCCOC[C@@H](C)COP(=O)(O)OCC[N+](C)(C)C. The molecule has 0 saturated heterocycles. The van der Waals surface area contributed by atoms with Crippen LogP contribution in [0.15, 0.2) is 0 Å². The molecular weight excluding hydrogens is 425 g/mol. The molecule has 0 radical (unpaired) electrons. The highest BCUT2D eigenvalue weighted by Crippen LogP contribution is 2.43. The largest absolute Gasteiger partial charge is 0.472 e. The van der Waals surface area contributed by atoms with E-state index in [1.54, 1.807) is 0 Å². The van der Waals surface area contributed by atoms with Crippen LogP contribution < -0.4 is 0 Å². The number of nitrogens with zero attached hydrogens (tertiary/aromatic N) is 1. The van der Waals surface area contributed by atoms with Crippen LogP contribution in [-0.2, 0) is 18.3 Å². The van der Waals surface area contributed by atoms with Gasteiger partial charge in [-0.2, -0.15) is 0 Å². The van der Waals surface area contributed by atoms with Crippen LogP contribution in [0.2, 0.25) is 0 Å². The predicted molar refractivity (Wildman–Crippen MR) is 135 cm³/mol. The number of likely N-dealkylation sites (N-methyl/N-ethyl adjacent to an activating group) is 1. The van der Waals surface area contributed by atoms with E-state index in [1.807, 2.05) is 28.1 Å². The second kappa shape index (κ2) is 20.4. The number of hydrogen-bond acceptors (Lipinski definition) is 4. The van der Waals surface area contributed by atoms with Crippen LogP contribution in [0.4, 0.5) is 0 Å². The minimum absolute atomic E-state index is 0.0594. The first-order chi connectivity index (χ1) is 15.2. The molecule has 0 aromatic heterocycles. The number of quaternary nitrogens is 1. The fraction of sp³-hybridized carbons (Fsp3) is 1.00. The zero-order valence-corrected chi connectivity index (χ0v) is 22.9. The van der Waals surface area contributed by atoms with Crippen LogP contribution in [0.25, 0.3) is 0 Å².